The third kappa shape index (κ3) is 5.03. The van der Waals surface area contributed by atoms with Crippen molar-refractivity contribution in [1.82, 2.24) is 9.55 Å². The second-order valence-corrected chi connectivity index (χ2v) is 6.22. The van der Waals surface area contributed by atoms with Crippen LogP contribution in [0.3, 0.4) is 0 Å². The van der Waals surface area contributed by atoms with Gasteiger partial charge in [0.15, 0.2) is 5.82 Å². The Morgan fingerprint density at radius 3 is 2.46 bits per heavy atom. The Morgan fingerprint density at radius 2 is 1.82 bits per heavy atom. The molecule has 1 amide bonds. The molecule has 0 atom stereocenters. The normalized spacial score (nSPS) is 10.5. The van der Waals surface area contributed by atoms with Gasteiger partial charge in [-0.3, -0.25) is 9.59 Å². The summed E-state index contributed by atoms with van der Waals surface area (Å²) in [4.78, 5) is 28.4. The van der Waals surface area contributed by atoms with Gasteiger partial charge in [-0.2, -0.15) is 0 Å². The number of ketones is 1. The molecule has 0 radical (unpaired) electrons. The molecule has 6 nitrogen and oxygen atoms in total. The van der Waals surface area contributed by atoms with Crippen molar-refractivity contribution in [2.24, 2.45) is 7.05 Å². The van der Waals surface area contributed by atoms with Gasteiger partial charge in [0.2, 0.25) is 11.7 Å². The minimum Gasteiger partial charge on any atom is -0.494 e. The van der Waals surface area contributed by atoms with E-state index in [9.17, 15) is 14.0 Å². The van der Waals surface area contributed by atoms with Gasteiger partial charge in [-0.1, -0.05) is 0 Å². The number of ether oxygens (including phenoxy) is 1. The van der Waals surface area contributed by atoms with Gasteiger partial charge < -0.3 is 14.6 Å². The quantitative estimate of drug-likeness (QED) is 0.478. The average Bonchev–Trinajstić information content (AvgIpc) is 3.12. The number of benzene rings is 2. The van der Waals surface area contributed by atoms with Gasteiger partial charge in [0.1, 0.15) is 11.6 Å². The fourth-order valence-corrected chi connectivity index (χ4v) is 2.60. The molecule has 1 heterocycles. The van der Waals surface area contributed by atoms with E-state index in [0.29, 0.717) is 35.9 Å². The Kier molecular flexibility index (Phi) is 6.16. The number of halogens is 1. The fourth-order valence-electron chi connectivity index (χ4n) is 2.60. The number of carbonyl (C=O) groups is 2. The Bertz CT molecular complexity index is 950. The predicted molar refractivity (Wildman–Crippen MR) is 103 cm³/mol. The van der Waals surface area contributed by atoms with E-state index >= 15 is 0 Å². The largest absolute Gasteiger partial charge is 0.494 e. The molecule has 7 heteroatoms. The maximum atomic E-state index is 12.8. The first-order valence-electron chi connectivity index (χ1n) is 8.83. The van der Waals surface area contributed by atoms with Crippen molar-refractivity contribution in [3.63, 3.8) is 0 Å². The summed E-state index contributed by atoms with van der Waals surface area (Å²) in [7, 11) is 1.76. The molecule has 0 saturated carbocycles. The van der Waals surface area contributed by atoms with Crippen LogP contribution in [0.25, 0.3) is 0 Å². The molecular formula is C21H20FN3O3. The van der Waals surface area contributed by atoms with Crippen molar-refractivity contribution < 1.29 is 18.7 Å². The Balaban J connectivity index is 1.44. The number of hydrogen-bond acceptors (Lipinski definition) is 4. The predicted octanol–water partition coefficient (Wildman–Crippen LogP) is 3.59. The molecule has 144 valence electrons. The highest BCUT2D eigenvalue weighted by atomic mass is 19.1. The standard InChI is InChI=1S/C21H20FN3O3/c1-25-13-12-23-21(25)20(27)15-4-8-17(9-5-15)24-19(26)3-2-14-28-18-10-6-16(22)7-11-18/h4-13H,2-3,14H2,1H3,(H,24,26). The summed E-state index contributed by atoms with van der Waals surface area (Å²) in [6.07, 6.45) is 4.09. The molecule has 1 N–H and O–H groups in total. The highest BCUT2D eigenvalue weighted by Crippen LogP contribution is 2.14. The molecule has 0 fully saturated rings. The molecule has 2 aromatic carbocycles. The van der Waals surface area contributed by atoms with E-state index in [-0.39, 0.29) is 23.9 Å². The average molecular weight is 381 g/mol. The summed E-state index contributed by atoms with van der Waals surface area (Å²) in [5.74, 6) is 0.279. The SMILES string of the molecule is Cn1ccnc1C(=O)c1ccc(NC(=O)CCCOc2ccc(F)cc2)cc1. The van der Waals surface area contributed by atoms with Crippen molar-refractivity contribution in [3.05, 3.63) is 78.1 Å². The first kappa shape index (κ1) is 19.3. The van der Waals surface area contributed by atoms with Crippen LogP contribution in [0.5, 0.6) is 5.75 Å². The summed E-state index contributed by atoms with van der Waals surface area (Å²) in [6.45, 7) is 0.357. The van der Waals surface area contributed by atoms with Crippen LogP contribution in [0.1, 0.15) is 29.0 Å². The smallest absolute Gasteiger partial charge is 0.228 e. The lowest BCUT2D eigenvalue weighted by Gasteiger charge is -2.08. The number of amides is 1. The van der Waals surface area contributed by atoms with Crippen molar-refractivity contribution in [3.8, 4) is 5.75 Å². The van der Waals surface area contributed by atoms with Gasteiger partial charge in [-0.25, -0.2) is 9.37 Å². The monoisotopic (exact) mass is 381 g/mol. The second-order valence-electron chi connectivity index (χ2n) is 6.22. The van der Waals surface area contributed by atoms with Crippen LogP contribution in [0.4, 0.5) is 10.1 Å². The van der Waals surface area contributed by atoms with Crippen molar-refractivity contribution in [2.75, 3.05) is 11.9 Å². The van der Waals surface area contributed by atoms with Gasteiger partial charge in [0.05, 0.1) is 6.61 Å². The topological polar surface area (TPSA) is 73.2 Å². The van der Waals surface area contributed by atoms with Crippen LogP contribution in [-0.4, -0.2) is 27.8 Å². The van der Waals surface area contributed by atoms with Crippen molar-refractivity contribution in [2.45, 2.75) is 12.8 Å². The van der Waals surface area contributed by atoms with Gasteiger partial charge >= 0.3 is 0 Å². The van der Waals surface area contributed by atoms with Crippen LogP contribution >= 0.6 is 0 Å². The Morgan fingerprint density at radius 1 is 1.11 bits per heavy atom. The van der Waals surface area contributed by atoms with Gasteiger partial charge in [0.25, 0.3) is 0 Å². The molecule has 0 aliphatic heterocycles. The summed E-state index contributed by atoms with van der Waals surface area (Å²) >= 11 is 0. The van der Waals surface area contributed by atoms with E-state index < -0.39 is 0 Å². The molecule has 0 aliphatic rings. The molecule has 1 aromatic heterocycles. The van der Waals surface area contributed by atoms with E-state index in [4.69, 9.17) is 4.74 Å². The zero-order chi connectivity index (χ0) is 19.9. The number of anilines is 1. The van der Waals surface area contributed by atoms with E-state index in [1.54, 1.807) is 60.4 Å². The van der Waals surface area contributed by atoms with Gasteiger partial charge in [-0.15, -0.1) is 0 Å². The zero-order valence-corrected chi connectivity index (χ0v) is 15.4. The van der Waals surface area contributed by atoms with E-state index in [2.05, 4.69) is 10.3 Å². The summed E-state index contributed by atoms with van der Waals surface area (Å²) in [6, 6.07) is 12.4. The first-order chi connectivity index (χ1) is 13.5. The number of nitrogens with zero attached hydrogens (tertiary/aromatic N) is 2. The van der Waals surface area contributed by atoms with Gasteiger partial charge in [-0.05, 0) is 55.0 Å². The van der Waals surface area contributed by atoms with Crippen LogP contribution in [0, 0.1) is 5.82 Å². The Labute approximate surface area is 162 Å². The molecular weight excluding hydrogens is 361 g/mol. The molecule has 0 spiro atoms. The van der Waals surface area contributed by atoms with Crippen LogP contribution in [-0.2, 0) is 11.8 Å². The number of hydrogen-bond donors (Lipinski definition) is 1. The number of carbonyl (C=O) groups excluding carboxylic acids is 2. The highest BCUT2D eigenvalue weighted by Gasteiger charge is 2.13. The number of rotatable bonds is 8. The molecule has 0 unspecified atom stereocenters. The Hall–Kier alpha value is -3.48. The van der Waals surface area contributed by atoms with Crippen molar-refractivity contribution in [1.29, 1.82) is 0 Å². The molecule has 0 aliphatic carbocycles. The number of aryl methyl sites for hydroxylation is 1. The van der Waals surface area contributed by atoms with Crippen LogP contribution in [0.2, 0.25) is 0 Å². The van der Waals surface area contributed by atoms with Crippen LogP contribution in [0.15, 0.2) is 60.9 Å². The van der Waals surface area contributed by atoms with E-state index in [0.717, 1.165) is 0 Å². The summed E-state index contributed by atoms with van der Waals surface area (Å²) in [5, 5.41) is 2.78. The maximum absolute atomic E-state index is 12.8. The minimum atomic E-state index is -0.320. The van der Waals surface area contributed by atoms with E-state index in [1.165, 1.54) is 12.1 Å². The summed E-state index contributed by atoms with van der Waals surface area (Å²) < 4.78 is 19.9. The number of nitrogens with one attached hydrogen (secondary N) is 1. The first-order valence-corrected chi connectivity index (χ1v) is 8.83. The molecule has 0 saturated heterocycles. The minimum absolute atomic E-state index is 0.147. The second kappa shape index (κ2) is 8.94. The van der Waals surface area contributed by atoms with Crippen LogP contribution < -0.4 is 10.1 Å². The molecule has 28 heavy (non-hydrogen) atoms. The highest BCUT2D eigenvalue weighted by molar-refractivity contribution is 6.07. The number of imidazole rings is 1. The van der Waals surface area contributed by atoms with E-state index in [1.807, 2.05) is 0 Å². The number of aromatic nitrogens is 2. The third-order valence-electron chi connectivity index (χ3n) is 4.09. The summed E-state index contributed by atoms with van der Waals surface area (Å²) in [5.41, 5.74) is 1.11. The zero-order valence-electron chi connectivity index (χ0n) is 15.4. The lowest BCUT2D eigenvalue weighted by atomic mass is 10.1. The maximum Gasteiger partial charge on any atom is 0.228 e. The molecule has 3 aromatic rings. The fraction of sp³-hybridized carbons (Fsp3) is 0.190. The lowest BCUT2D eigenvalue weighted by Crippen LogP contribution is -2.13. The lowest BCUT2D eigenvalue weighted by molar-refractivity contribution is -0.116. The molecule has 3 rings (SSSR count). The van der Waals surface area contributed by atoms with Gasteiger partial charge in [0, 0.05) is 37.1 Å². The van der Waals surface area contributed by atoms with Crippen molar-refractivity contribution >= 4 is 17.4 Å². The third-order valence-corrected chi connectivity index (χ3v) is 4.09. The molecule has 0 bridgehead atoms.